The van der Waals surface area contributed by atoms with Crippen molar-refractivity contribution in [2.24, 2.45) is 0 Å². The highest BCUT2D eigenvalue weighted by molar-refractivity contribution is 7.12. The Morgan fingerprint density at radius 3 is 2.88 bits per heavy atom. The Balaban J connectivity index is 2.44. The third-order valence-electron chi connectivity index (χ3n) is 2.20. The van der Waals surface area contributed by atoms with Gasteiger partial charge in [0, 0.05) is 9.75 Å². The van der Waals surface area contributed by atoms with Crippen molar-refractivity contribution in [2.45, 2.75) is 39.2 Å². The lowest BCUT2D eigenvalue weighted by atomic mass is 10.2. The van der Waals surface area contributed by atoms with Gasteiger partial charge in [0.2, 0.25) is 5.91 Å². The van der Waals surface area contributed by atoms with Crippen molar-refractivity contribution < 1.29 is 4.79 Å². The average Bonchev–Trinajstić information content (AvgIpc) is 2.63. The van der Waals surface area contributed by atoms with Gasteiger partial charge in [-0.05, 0) is 25.5 Å². The van der Waals surface area contributed by atoms with Crippen LogP contribution in [-0.4, -0.2) is 11.9 Å². The summed E-state index contributed by atoms with van der Waals surface area (Å²) in [5.74, 6) is -0.0677. The van der Waals surface area contributed by atoms with Crippen molar-refractivity contribution in [3.63, 3.8) is 0 Å². The van der Waals surface area contributed by atoms with E-state index in [4.69, 9.17) is 5.26 Å². The third-order valence-corrected chi connectivity index (χ3v) is 3.20. The molecule has 0 aromatic carbocycles. The van der Waals surface area contributed by atoms with E-state index in [2.05, 4.69) is 11.4 Å². The van der Waals surface area contributed by atoms with Gasteiger partial charge in [-0.3, -0.25) is 4.79 Å². The van der Waals surface area contributed by atoms with Crippen molar-refractivity contribution in [3.8, 4) is 6.07 Å². The highest BCUT2D eigenvalue weighted by atomic mass is 32.1. The van der Waals surface area contributed by atoms with Crippen LogP contribution in [0, 0.1) is 18.3 Å². The molecule has 1 amide bonds. The molecule has 0 aliphatic rings. The second kappa shape index (κ2) is 6.29. The van der Waals surface area contributed by atoms with Gasteiger partial charge >= 0.3 is 0 Å². The van der Waals surface area contributed by atoms with E-state index in [0.717, 1.165) is 11.3 Å². The van der Waals surface area contributed by atoms with E-state index in [1.54, 1.807) is 11.3 Å². The molecule has 0 fully saturated rings. The summed E-state index contributed by atoms with van der Waals surface area (Å²) in [5.41, 5.74) is 0. The Bertz CT molecular complexity index is 392. The summed E-state index contributed by atoms with van der Waals surface area (Å²) in [4.78, 5) is 13.9. The van der Waals surface area contributed by atoms with Gasteiger partial charge in [0.25, 0.3) is 0 Å². The fourth-order valence-corrected chi connectivity index (χ4v) is 2.33. The van der Waals surface area contributed by atoms with Crippen LogP contribution < -0.4 is 5.32 Å². The molecule has 3 nitrogen and oxygen atoms in total. The molecule has 86 valence electrons. The Labute approximate surface area is 100 Å². The van der Waals surface area contributed by atoms with E-state index in [1.165, 1.54) is 4.88 Å². The second-order valence-corrected chi connectivity index (χ2v) is 5.10. The molecule has 1 aromatic heterocycles. The fourth-order valence-electron chi connectivity index (χ4n) is 1.44. The van der Waals surface area contributed by atoms with Gasteiger partial charge in [-0.1, -0.05) is 13.3 Å². The number of rotatable bonds is 5. The van der Waals surface area contributed by atoms with E-state index in [1.807, 2.05) is 26.0 Å². The van der Waals surface area contributed by atoms with Crippen molar-refractivity contribution >= 4 is 17.2 Å². The molecule has 1 atom stereocenters. The molecule has 1 aromatic rings. The summed E-state index contributed by atoms with van der Waals surface area (Å²) in [6.07, 6.45) is 1.99. The molecule has 0 aliphatic carbocycles. The molecular formula is C12H16N2OS. The molecule has 0 aliphatic heterocycles. The zero-order valence-electron chi connectivity index (χ0n) is 9.62. The quantitative estimate of drug-likeness (QED) is 0.853. The summed E-state index contributed by atoms with van der Waals surface area (Å²) in [6.45, 7) is 4.01. The van der Waals surface area contributed by atoms with Crippen LogP contribution in [0.5, 0.6) is 0 Å². The summed E-state index contributed by atoms with van der Waals surface area (Å²) >= 11 is 1.62. The Kier molecular flexibility index (Phi) is 5.00. The minimum absolute atomic E-state index is 0.0677. The highest BCUT2D eigenvalue weighted by Gasteiger charge is 2.11. The maximum absolute atomic E-state index is 11.6. The minimum atomic E-state index is -0.349. The number of hydrogen-bond donors (Lipinski definition) is 1. The first-order chi connectivity index (χ1) is 7.65. The number of nitrogens with zero attached hydrogens (tertiary/aromatic N) is 1. The lowest BCUT2D eigenvalue weighted by molar-refractivity contribution is -0.120. The average molecular weight is 236 g/mol. The van der Waals surface area contributed by atoms with E-state index in [9.17, 15) is 4.79 Å². The first-order valence-corrected chi connectivity index (χ1v) is 6.21. The molecule has 1 N–H and O–H groups in total. The number of nitriles is 1. The number of carbonyl (C=O) groups is 1. The van der Waals surface area contributed by atoms with E-state index in [-0.39, 0.29) is 11.9 Å². The van der Waals surface area contributed by atoms with Crippen LogP contribution in [0.1, 0.15) is 29.5 Å². The van der Waals surface area contributed by atoms with Gasteiger partial charge in [-0.2, -0.15) is 5.26 Å². The molecule has 0 saturated heterocycles. The van der Waals surface area contributed by atoms with Crippen molar-refractivity contribution in [1.82, 2.24) is 5.32 Å². The standard InChI is InChI=1S/C12H16N2OS/c1-3-4-10(8-13)14-12(15)7-11-6-5-9(2)16-11/h5-6,10H,3-4,7H2,1-2H3,(H,14,15)/t10-/m0/s1. The smallest absolute Gasteiger partial charge is 0.226 e. The zero-order valence-corrected chi connectivity index (χ0v) is 10.4. The molecule has 1 heterocycles. The molecule has 0 radical (unpaired) electrons. The van der Waals surface area contributed by atoms with E-state index in [0.29, 0.717) is 12.8 Å². The molecule has 16 heavy (non-hydrogen) atoms. The second-order valence-electron chi connectivity index (χ2n) is 3.73. The number of nitrogens with one attached hydrogen (secondary N) is 1. The number of thiophene rings is 1. The van der Waals surface area contributed by atoms with Crippen molar-refractivity contribution in [3.05, 3.63) is 21.9 Å². The molecule has 0 spiro atoms. The molecule has 4 heteroatoms. The predicted molar refractivity (Wildman–Crippen MR) is 65.2 cm³/mol. The summed E-state index contributed by atoms with van der Waals surface area (Å²) in [6, 6.07) is 5.71. The number of amides is 1. The van der Waals surface area contributed by atoms with Crippen LogP contribution in [0.2, 0.25) is 0 Å². The number of carbonyl (C=O) groups excluding carboxylic acids is 1. The van der Waals surface area contributed by atoms with Gasteiger partial charge in [0.15, 0.2) is 0 Å². The van der Waals surface area contributed by atoms with Crippen LogP contribution >= 0.6 is 11.3 Å². The van der Waals surface area contributed by atoms with Crippen LogP contribution in [0.25, 0.3) is 0 Å². The molecule has 0 saturated carbocycles. The SMILES string of the molecule is CCC[C@@H](C#N)NC(=O)Cc1ccc(C)s1. The normalized spacial score (nSPS) is 11.8. The topological polar surface area (TPSA) is 52.9 Å². The molecule has 0 unspecified atom stereocenters. The van der Waals surface area contributed by atoms with E-state index >= 15 is 0 Å². The predicted octanol–water partition coefficient (Wildman–Crippen LogP) is 2.41. The van der Waals surface area contributed by atoms with Gasteiger partial charge in [-0.25, -0.2) is 0 Å². The van der Waals surface area contributed by atoms with Crippen molar-refractivity contribution in [1.29, 1.82) is 5.26 Å². The van der Waals surface area contributed by atoms with Gasteiger partial charge < -0.3 is 5.32 Å². The van der Waals surface area contributed by atoms with Crippen LogP contribution in [-0.2, 0) is 11.2 Å². The van der Waals surface area contributed by atoms with Gasteiger partial charge in [0.05, 0.1) is 12.5 Å². The van der Waals surface area contributed by atoms with Crippen LogP contribution in [0.3, 0.4) is 0 Å². The summed E-state index contributed by atoms with van der Waals surface area (Å²) in [5, 5.41) is 11.5. The maximum atomic E-state index is 11.6. The molecule has 0 bridgehead atoms. The first kappa shape index (κ1) is 12.7. The lowest BCUT2D eigenvalue weighted by Crippen LogP contribution is -2.34. The molecule has 1 rings (SSSR count). The number of aryl methyl sites for hydroxylation is 1. The summed E-state index contributed by atoms with van der Waals surface area (Å²) in [7, 11) is 0. The first-order valence-electron chi connectivity index (χ1n) is 5.40. The minimum Gasteiger partial charge on any atom is -0.340 e. The van der Waals surface area contributed by atoms with Crippen LogP contribution in [0.4, 0.5) is 0 Å². The largest absolute Gasteiger partial charge is 0.340 e. The zero-order chi connectivity index (χ0) is 12.0. The van der Waals surface area contributed by atoms with Crippen molar-refractivity contribution in [2.75, 3.05) is 0 Å². The fraction of sp³-hybridized carbons (Fsp3) is 0.500. The summed E-state index contributed by atoms with van der Waals surface area (Å²) < 4.78 is 0. The maximum Gasteiger partial charge on any atom is 0.226 e. The highest BCUT2D eigenvalue weighted by Crippen LogP contribution is 2.15. The Hall–Kier alpha value is -1.34. The Morgan fingerprint density at radius 1 is 1.62 bits per heavy atom. The number of hydrogen-bond acceptors (Lipinski definition) is 3. The third kappa shape index (κ3) is 4.03. The van der Waals surface area contributed by atoms with Gasteiger partial charge in [-0.15, -0.1) is 11.3 Å². The lowest BCUT2D eigenvalue weighted by Gasteiger charge is -2.09. The Morgan fingerprint density at radius 2 is 2.38 bits per heavy atom. The van der Waals surface area contributed by atoms with E-state index < -0.39 is 0 Å². The molecular weight excluding hydrogens is 220 g/mol. The van der Waals surface area contributed by atoms with Gasteiger partial charge in [0.1, 0.15) is 6.04 Å². The van der Waals surface area contributed by atoms with Crippen LogP contribution in [0.15, 0.2) is 12.1 Å². The monoisotopic (exact) mass is 236 g/mol.